The van der Waals surface area contributed by atoms with Crippen LogP contribution in [0.2, 0.25) is 0 Å². The molecular formula is C15H23N5O2. The molecule has 2 amide bonds. The minimum atomic E-state index is 0.0137. The molecule has 1 N–H and O–H groups in total. The van der Waals surface area contributed by atoms with Crippen molar-refractivity contribution in [2.24, 2.45) is 18.9 Å². The predicted molar refractivity (Wildman–Crippen MR) is 81.2 cm³/mol. The molecule has 0 aromatic carbocycles. The standard InChI is InChI=1S/C15H23N5O2/c1-16-13(21)10-19-5-3-11-8-20(9-12(11)7-19)15(22)14-17-4-6-18(14)2/h4,6,11-12H,3,5,7-10H2,1-2H3,(H,16,21)/t11-,12+/m1/s1. The third-order valence-electron chi connectivity index (χ3n) is 4.83. The number of rotatable bonds is 3. The summed E-state index contributed by atoms with van der Waals surface area (Å²) in [6.07, 6.45) is 4.49. The molecule has 1 aromatic heterocycles. The second kappa shape index (κ2) is 6.08. The van der Waals surface area contributed by atoms with Gasteiger partial charge in [-0.05, 0) is 24.8 Å². The molecule has 3 heterocycles. The van der Waals surface area contributed by atoms with Gasteiger partial charge in [0.05, 0.1) is 6.54 Å². The lowest BCUT2D eigenvalue weighted by Gasteiger charge is -2.33. The van der Waals surface area contributed by atoms with Crippen LogP contribution in [0, 0.1) is 11.8 Å². The van der Waals surface area contributed by atoms with E-state index < -0.39 is 0 Å². The van der Waals surface area contributed by atoms with Gasteiger partial charge in [0, 0.05) is 46.1 Å². The van der Waals surface area contributed by atoms with Crippen LogP contribution in [-0.4, -0.2) is 70.9 Å². The zero-order valence-corrected chi connectivity index (χ0v) is 13.2. The normalized spacial score (nSPS) is 25.1. The van der Waals surface area contributed by atoms with Crippen molar-refractivity contribution in [2.45, 2.75) is 6.42 Å². The van der Waals surface area contributed by atoms with Crippen molar-refractivity contribution in [2.75, 3.05) is 39.8 Å². The van der Waals surface area contributed by atoms with Gasteiger partial charge in [-0.1, -0.05) is 0 Å². The van der Waals surface area contributed by atoms with Gasteiger partial charge >= 0.3 is 0 Å². The van der Waals surface area contributed by atoms with Crippen LogP contribution in [0.15, 0.2) is 12.4 Å². The van der Waals surface area contributed by atoms with E-state index in [1.807, 2.05) is 11.9 Å². The lowest BCUT2D eigenvalue weighted by atomic mass is 9.89. The van der Waals surface area contributed by atoms with E-state index in [2.05, 4.69) is 15.2 Å². The van der Waals surface area contributed by atoms with Crippen molar-refractivity contribution >= 4 is 11.8 Å². The average Bonchev–Trinajstić information content (AvgIpc) is 3.12. The highest BCUT2D eigenvalue weighted by molar-refractivity contribution is 5.91. The number of aryl methyl sites for hydroxylation is 1. The van der Waals surface area contributed by atoms with E-state index in [0.717, 1.165) is 32.6 Å². The Labute approximate surface area is 130 Å². The molecule has 2 fully saturated rings. The molecule has 3 rings (SSSR count). The molecular weight excluding hydrogens is 282 g/mol. The minimum Gasteiger partial charge on any atom is -0.358 e. The number of fused-ring (bicyclic) bond motifs is 1. The monoisotopic (exact) mass is 305 g/mol. The van der Waals surface area contributed by atoms with Gasteiger partial charge < -0.3 is 14.8 Å². The number of nitrogens with one attached hydrogen (secondary N) is 1. The fourth-order valence-electron chi connectivity index (χ4n) is 3.55. The highest BCUT2D eigenvalue weighted by atomic mass is 16.2. The molecule has 0 bridgehead atoms. The molecule has 120 valence electrons. The van der Waals surface area contributed by atoms with Gasteiger partial charge in [0.25, 0.3) is 5.91 Å². The van der Waals surface area contributed by atoms with E-state index in [-0.39, 0.29) is 11.8 Å². The lowest BCUT2D eigenvalue weighted by molar-refractivity contribution is -0.122. The van der Waals surface area contributed by atoms with Crippen LogP contribution >= 0.6 is 0 Å². The Bertz CT molecular complexity index is 570. The number of carbonyl (C=O) groups excluding carboxylic acids is 2. The molecule has 0 unspecified atom stereocenters. The number of nitrogens with zero attached hydrogens (tertiary/aromatic N) is 4. The summed E-state index contributed by atoms with van der Waals surface area (Å²) in [5.41, 5.74) is 0. The van der Waals surface area contributed by atoms with Gasteiger partial charge in [0.1, 0.15) is 0 Å². The number of likely N-dealkylation sites (tertiary alicyclic amines) is 2. The molecule has 1 aromatic rings. The maximum absolute atomic E-state index is 12.5. The Morgan fingerprint density at radius 1 is 1.32 bits per heavy atom. The van der Waals surface area contributed by atoms with Gasteiger partial charge in [-0.3, -0.25) is 14.5 Å². The zero-order chi connectivity index (χ0) is 15.7. The van der Waals surface area contributed by atoms with E-state index in [4.69, 9.17) is 0 Å². The Morgan fingerprint density at radius 2 is 2.09 bits per heavy atom. The van der Waals surface area contributed by atoms with Crippen molar-refractivity contribution in [1.82, 2.24) is 24.7 Å². The first-order valence-electron chi connectivity index (χ1n) is 7.78. The van der Waals surface area contributed by atoms with E-state index in [1.54, 1.807) is 24.0 Å². The quantitative estimate of drug-likeness (QED) is 0.822. The summed E-state index contributed by atoms with van der Waals surface area (Å²) in [5.74, 6) is 1.57. The number of imidazole rings is 1. The number of likely N-dealkylation sites (N-methyl/N-ethyl adjacent to an activating group) is 1. The summed E-state index contributed by atoms with van der Waals surface area (Å²) in [4.78, 5) is 32.3. The van der Waals surface area contributed by atoms with Gasteiger partial charge in [-0.25, -0.2) is 4.98 Å². The van der Waals surface area contributed by atoms with Crippen molar-refractivity contribution in [3.8, 4) is 0 Å². The molecule has 7 nitrogen and oxygen atoms in total. The fourth-order valence-corrected chi connectivity index (χ4v) is 3.55. The van der Waals surface area contributed by atoms with Crippen LogP contribution in [0.5, 0.6) is 0 Å². The van der Waals surface area contributed by atoms with Gasteiger partial charge in [0.2, 0.25) is 5.91 Å². The average molecular weight is 305 g/mol. The van der Waals surface area contributed by atoms with Gasteiger partial charge in [-0.2, -0.15) is 0 Å². The maximum Gasteiger partial charge on any atom is 0.289 e. The van der Waals surface area contributed by atoms with Crippen LogP contribution in [0.3, 0.4) is 0 Å². The molecule has 0 saturated carbocycles. The first-order valence-corrected chi connectivity index (χ1v) is 7.78. The Kier molecular flexibility index (Phi) is 4.15. The highest BCUT2D eigenvalue weighted by Crippen LogP contribution is 2.31. The molecule has 2 aliphatic rings. The van der Waals surface area contributed by atoms with E-state index >= 15 is 0 Å². The van der Waals surface area contributed by atoms with Crippen molar-refractivity contribution in [1.29, 1.82) is 0 Å². The van der Waals surface area contributed by atoms with Crippen LogP contribution in [0.1, 0.15) is 17.0 Å². The molecule has 7 heteroatoms. The molecule has 0 aliphatic carbocycles. The predicted octanol–water partition coefficient (Wildman–Crippen LogP) is -0.440. The summed E-state index contributed by atoms with van der Waals surface area (Å²) in [5, 5.41) is 2.67. The minimum absolute atomic E-state index is 0.0137. The molecule has 0 radical (unpaired) electrons. The topological polar surface area (TPSA) is 70.5 Å². The SMILES string of the molecule is CNC(=O)CN1CC[C@@H]2CN(C(=O)c3nccn3C)C[C@@H]2C1. The van der Waals surface area contributed by atoms with Crippen LogP contribution in [0.4, 0.5) is 0 Å². The van der Waals surface area contributed by atoms with Crippen molar-refractivity contribution in [3.63, 3.8) is 0 Å². The second-order valence-electron chi connectivity index (χ2n) is 6.29. The summed E-state index contributed by atoms with van der Waals surface area (Å²) in [7, 11) is 3.51. The van der Waals surface area contributed by atoms with Crippen LogP contribution in [0.25, 0.3) is 0 Å². The Hall–Kier alpha value is -1.89. The maximum atomic E-state index is 12.5. The van der Waals surface area contributed by atoms with Gasteiger partial charge in [0.15, 0.2) is 5.82 Å². The number of hydrogen-bond donors (Lipinski definition) is 1. The molecule has 0 spiro atoms. The van der Waals surface area contributed by atoms with Crippen LogP contribution in [-0.2, 0) is 11.8 Å². The summed E-state index contributed by atoms with van der Waals surface area (Å²) < 4.78 is 1.77. The highest BCUT2D eigenvalue weighted by Gasteiger charge is 2.39. The number of hydrogen-bond acceptors (Lipinski definition) is 4. The van der Waals surface area contributed by atoms with Gasteiger partial charge in [-0.15, -0.1) is 0 Å². The molecule has 22 heavy (non-hydrogen) atoms. The smallest absolute Gasteiger partial charge is 0.289 e. The number of amides is 2. The molecule has 2 aliphatic heterocycles. The molecule has 2 atom stereocenters. The van der Waals surface area contributed by atoms with Crippen molar-refractivity contribution < 1.29 is 9.59 Å². The lowest BCUT2D eigenvalue weighted by Crippen LogP contribution is -2.44. The third-order valence-corrected chi connectivity index (χ3v) is 4.83. The Balaban J connectivity index is 1.61. The third kappa shape index (κ3) is 2.85. The number of piperidine rings is 1. The summed E-state index contributed by atoms with van der Waals surface area (Å²) >= 11 is 0. The number of carbonyl (C=O) groups is 2. The summed E-state index contributed by atoms with van der Waals surface area (Å²) in [6.45, 7) is 3.85. The fraction of sp³-hybridized carbons (Fsp3) is 0.667. The van der Waals surface area contributed by atoms with E-state index in [1.165, 1.54) is 0 Å². The van der Waals surface area contributed by atoms with E-state index in [0.29, 0.717) is 24.2 Å². The Morgan fingerprint density at radius 3 is 2.77 bits per heavy atom. The van der Waals surface area contributed by atoms with Crippen LogP contribution < -0.4 is 5.32 Å². The zero-order valence-electron chi connectivity index (χ0n) is 13.2. The first kappa shape index (κ1) is 15.0. The second-order valence-corrected chi connectivity index (χ2v) is 6.29. The van der Waals surface area contributed by atoms with Crippen molar-refractivity contribution in [3.05, 3.63) is 18.2 Å². The number of aromatic nitrogens is 2. The largest absolute Gasteiger partial charge is 0.358 e. The first-order chi connectivity index (χ1) is 10.6. The van der Waals surface area contributed by atoms with E-state index in [9.17, 15) is 9.59 Å². The molecule has 2 saturated heterocycles. The summed E-state index contributed by atoms with van der Waals surface area (Å²) in [6, 6.07) is 0.